The van der Waals surface area contributed by atoms with Gasteiger partial charge in [-0.25, -0.2) is 17.6 Å². The molecule has 2 atom stereocenters. The van der Waals surface area contributed by atoms with Crippen molar-refractivity contribution in [3.8, 4) is 0 Å². The number of hydrogen-bond acceptors (Lipinski definition) is 6. The molecule has 0 spiro atoms. The van der Waals surface area contributed by atoms with E-state index < -0.39 is 39.9 Å². The van der Waals surface area contributed by atoms with Crippen molar-refractivity contribution >= 4 is 33.4 Å². The Morgan fingerprint density at radius 3 is 2.32 bits per heavy atom. The molecule has 174 valence electrons. The number of rotatable bonds is 6. The molecular weight excluding hydrogens is 461 g/mol. The van der Waals surface area contributed by atoms with E-state index in [1.807, 2.05) is 0 Å². The zero-order valence-electron chi connectivity index (χ0n) is 17.9. The number of nitrogens with one attached hydrogen (secondary N) is 2. The molecule has 0 aromatic heterocycles. The number of hydrogen-bond donors (Lipinski definition) is 2. The Balaban J connectivity index is 1.55. The molecule has 1 heterocycles. The third-order valence-corrected chi connectivity index (χ3v) is 6.41. The number of fused-ring (bicyclic) bond motifs is 1. The molecule has 8 nitrogen and oxygen atoms in total. The van der Waals surface area contributed by atoms with Crippen LogP contribution in [0.1, 0.15) is 24.2 Å². The third-order valence-electron chi connectivity index (χ3n) is 5.01. The van der Waals surface area contributed by atoms with Crippen molar-refractivity contribution in [2.24, 2.45) is 4.99 Å². The lowest BCUT2D eigenvalue weighted by atomic mass is 10.1. The van der Waals surface area contributed by atoms with E-state index in [0.29, 0.717) is 16.8 Å². The number of nitrogens with zero attached hydrogens (tertiary/aromatic N) is 1. The number of carbonyl (C=O) groups excluding carboxylic acids is 2. The lowest BCUT2D eigenvalue weighted by Gasteiger charge is -2.19. The molecule has 0 saturated carbocycles. The maximum absolute atomic E-state index is 13.2. The minimum atomic E-state index is -3.77. The van der Waals surface area contributed by atoms with Gasteiger partial charge >= 0.3 is 5.97 Å². The molecule has 3 aromatic rings. The van der Waals surface area contributed by atoms with Gasteiger partial charge in [-0.3, -0.25) is 14.5 Å². The molecule has 1 aliphatic rings. The standard InChI is InChI=1S/C24H20FN3O5S/c1-15(26-22-19-9-5-6-10-20(19)34(31,32)28-22)24(30)33-21(16-7-3-2-4-8-16)23(29)27-18-13-11-17(25)12-14-18/h2-15,21H,1H3,(H,26,28)(H,27,29)/t15-,21+/m0/s1. The number of halogens is 1. The molecule has 0 radical (unpaired) electrons. The predicted octanol–water partition coefficient (Wildman–Crippen LogP) is 3.18. The molecule has 1 amide bonds. The van der Waals surface area contributed by atoms with Crippen LogP contribution in [0.25, 0.3) is 0 Å². The van der Waals surface area contributed by atoms with Gasteiger partial charge in [-0.05, 0) is 43.3 Å². The first-order valence-corrected chi connectivity index (χ1v) is 11.7. The van der Waals surface area contributed by atoms with Crippen molar-refractivity contribution in [1.29, 1.82) is 0 Å². The van der Waals surface area contributed by atoms with Gasteiger partial charge in [0.05, 0.1) is 4.90 Å². The Labute approximate surface area is 195 Å². The highest BCUT2D eigenvalue weighted by Crippen LogP contribution is 2.24. The topological polar surface area (TPSA) is 114 Å². The Morgan fingerprint density at radius 1 is 0.971 bits per heavy atom. The smallest absolute Gasteiger partial charge is 0.331 e. The molecule has 0 saturated heterocycles. The largest absolute Gasteiger partial charge is 0.446 e. The van der Waals surface area contributed by atoms with E-state index in [0.717, 1.165) is 0 Å². The number of amides is 1. The SMILES string of the molecule is C[C@H](N=C1NS(=O)(=O)c2ccccc21)C(=O)O[C@@H](C(=O)Nc1ccc(F)cc1)c1ccccc1. The fraction of sp³-hybridized carbons (Fsp3) is 0.125. The Hall–Kier alpha value is -4.05. The Morgan fingerprint density at radius 2 is 1.62 bits per heavy atom. The monoisotopic (exact) mass is 481 g/mol. The summed E-state index contributed by atoms with van der Waals surface area (Å²) in [6, 6.07) is 18.7. The lowest BCUT2D eigenvalue weighted by molar-refractivity contribution is -0.155. The molecule has 4 rings (SSSR count). The minimum Gasteiger partial charge on any atom is -0.446 e. The van der Waals surface area contributed by atoms with E-state index in [2.05, 4.69) is 15.0 Å². The summed E-state index contributed by atoms with van der Waals surface area (Å²) in [7, 11) is -3.77. The van der Waals surface area contributed by atoms with Crippen LogP contribution in [0.4, 0.5) is 10.1 Å². The Kier molecular flexibility index (Phi) is 6.42. The van der Waals surface area contributed by atoms with Gasteiger partial charge in [0, 0.05) is 16.8 Å². The van der Waals surface area contributed by atoms with Crippen molar-refractivity contribution in [2.45, 2.75) is 24.0 Å². The van der Waals surface area contributed by atoms with E-state index in [-0.39, 0.29) is 10.7 Å². The van der Waals surface area contributed by atoms with Crippen LogP contribution in [0.2, 0.25) is 0 Å². The zero-order chi connectivity index (χ0) is 24.3. The fourth-order valence-electron chi connectivity index (χ4n) is 3.33. The number of sulfonamides is 1. The number of aliphatic imine (C=N–C) groups is 1. The number of esters is 1. The summed E-state index contributed by atoms with van der Waals surface area (Å²) in [4.78, 5) is 30.0. The minimum absolute atomic E-state index is 0.0204. The maximum Gasteiger partial charge on any atom is 0.331 e. The second kappa shape index (κ2) is 9.44. The first kappa shape index (κ1) is 23.1. The molecular formula is C24H20FN3O5S. The van der Waals surface area contributed by atoms with E-state index in [9.17, 15) is 22.4 Å². The van der Waals surface area contributed by atoms with Crippen molar-refractivity contribution in [1.82, 2.24) is 4.72 Å². The third kappa shape index (κ3) is 4.96. The number of amidine groups is 1. The summed E-state index contributed by atoms with van der Waals surface area (Å²) in [5, 5.41) is 2.60. The molecule has 0 fully saturated rings. The quantitative estimate of drug-likeness (QED) is 0.525. The summed E-state index contributed by atoms with van der Waals surface area (Å²) in [5.74, 6) is -1.91. The highest BCUT2D eigenvalue weighted by molar-refractivity contribution is 7.90. The van der Waals surface area contributed by atoms with E-state index in [1.165, 1.54) is 37.3 Å². The second-order valence-electron chi connectivity index (χ2n) is 7.48. The van der Waals surface area contributed by atoms with E-state index in [4.69, 9.17) is 4.74 Å². The molecule has 0 aliphatic carbocycles. The first-order valence-electron chi connectivity index (χ1n) is 10.3. The molecule has 3 aromatic carbocycles. The average Bonchev–Trinajstić information content (AvgIpc) is 3.09. The fourth-order valence-corrected chi connectivity index (χ4v) is 4.57. The Bertz CT molecular complexity index is 1360. The second-order valence-corrected chi connectivity index (χ2v) is 9.13. The van der Waals surface area contributed by atoms with Gasteiger partial charge in [0.25, 0.3) is 15.9 Å². The molecule has 0 bridgehead atoms. The van der Waals surface area contributed by atoms with E-state index >= 15 is 0 Å². The van der Waals surface area contributed by atoms with Gasteiger partial charge in [0.15, 0.2) is 0 Å². The van der Waals surface area contributed by atoms with Crippen LogP contribution >= 0.6 is 0 Å². The van der Waals surface area contributed by atoms with Crippen LogP contribution in [0, 0.1) is 5.82 Å². The van der Waals surface area contributed by atoms with Gasteiger partial charge in [-0.2, -0.15) is 0 Å². The van der Waals surface area contributed by atoms with Crippen molar-refractivity contribution in [3.63, 3.8) is 0 Å². The summed E-state index contributed by atoms with van der Waals surface area (Å²) >= 11 is 0. The van der Waals surface area contributed by atoms with Gasteiger partial charge in [-0.1, -0.05) is 42.5 Å². The van der Waals surface area contributed by atoms with Crippen LogP contribution < -0.4 is 10.0 Å². The average molecular weight is 482 g/mol. The van der Waals surface area contributed by atoms with Gasteiger partial charge in [-0.15, -0.1) is 0 Å². The van der Waals surface area contributed by atoms with Crippen molar-refractivity contribution in [2.75, 3.05) is 5.32 Å². The summed E-state index contributed by atoms with van der Waals surface area (Å²) < 4.78 is 45.6. The van der Waals surface area contributed by atoms with Crippen LogP contribution in [0.3, 0.4) is 0 Å². The van der Waals surface area contributed by atoms with Crippen LogP contribution in [0.5, 0.6) is 0 Å². The number of carbonyl (C=O) groups is 2. The summed E-state index contributed by atoms with van der Waals surface area (Å²) in [6.07, 6.45) is -1.31. The molecule has 34 heavy (non-hydrogen) atoms. The van der Waals surface area contributed by atoms with Crippen LogP contribution in [-0.4, -0.2) is 32.2 Å². The van der Waals surface area contributed by atoms with Crippen LogP contribution in [0.15, 0.2) is 88.8 Å². The van der Waals surface area contributed by atoms with E-state index in [1.54, 1.807) is 48.5 Å². The zero-order valence-corrected chi connectivity index (χ0v) is 18.8. The predicted molar refractivity (Wildman–Crippen MR) is 123 cm³/mol. The molecule has 10 heteroatoms. The van der Waals surface area contributed by atoms with Gasteiger partial charge in [0.1, 0.15) is 17.7 Å². The lowest BCUT2D eigenvalue weighted by Crippen LogP contribution is -2.31. The molecule has 2 N–H and O–H groups in total. The maximum atomic E-state index is 13.2. The highest BCUT2D eigenvalue weighted by atomic mass is 32.2. The molecule has 0 unspecified atom stereocenters. The van der Waals surface area contributed by atoms with Crippen molar-refractivity contribution in [3.05, 3.63) is 95.8 Å². The van der Waals surface area contributed by atoms with Gasteiger partial charge in [0.2, 0.25) is 6.10 Å². The summed E-state index contributed by atoms with van der Waals surface area (Å²) in [5.41, 5.74) is 1.09. The van der Waals surface area contributed by atoms with Crippen LogP contribution in [-0.2, 0) is 24.3 Å². The van der Waals surface area contributed by atoms with Crippen molar-refractivity contribution < 1.29 is 27.1 Å². The number of anilines is 1. The number of benzene rings is 3. The summed E-state index contributed by atoms with van der Waals surface area (Å²) in [6.45, 7) is 1.44. The highest BCUT2D eigenvalue weighted by Gasteiger charge is 2.32. The van der Waals surface area contributed by atoms with Gasteiger partial charge < -0.3 is 10.1 Å². The molecule has 1 aliphatic heterocycles. The normalized spacial score (nSPS) is 16.7. The first-order chi connectivity index (χ1) is 16.2. The number of ether oxygens (including phenoxy) is 1.